The number of benzene rings is 4. The molecule has 3 heterocycles. The maximum absolute atomic E-state index is 16.3. The molecule has 0 fully saturated rings. The minimum Gasteiger partial charge on any atom is -0.490 e. The maximum atomic E-state index is 16.3. The van der Waals surface area contributed by atoms with E-state index in [2.05, 4.69) is 10.3 Å². The van der Waals surface area contributed by atoms with E-state index in [9.17, 15) is 9.90 Å². The molecule has 0 spiro atoms. The molecule has 0 radical (unpaired) electrons. The fourth-order valence-corrected chi connectivity index (χ4v) is 9.34. The number of rotatable bonds is 10. The van der Waals surface area contributed by atoms with Crippen LogP contribution in [0.5, 0.6) is 17.2 Å². The van der Waals surface area contributed by atoms with Gasteiger partial charge in [0, 0.05) is 36.9 Å². The van der Waals surface area contributed by atoms with Gasteiger partial charge in [0.25, 0.3) is 5.91 Å². The summed E-state index contributed by atoms with van der Waals surface area (Å²) in [5.74, 6) is 0.971. The number of nitrogens with zero attached hydrogens (tertiary/aromatic N) is 4. The summed E-state index contributed by atoms with van der Waals surface area (Å²) < 4.78 is 37.0. The second-order valence-corrected chi connectivity index (χ2v) is 17.4. The van der Waals surface area contributed by atoms with Gasteiger partial charge in [0.15, 0.2) is 5.75 Å². The van der Waals surface area contributed by atoms with Crippen LogP contribution >= 0.6 is 0 Å². The lowest BCUT2D eigenvalue weighted by Crippen LogP contribution is -2.46. The Hall–Kier alpha value is -4.84. The standard InChI is InChI=1S/C39H41FN4O5Si/c1-25-37(47-2)29-22-27(44-32-15-9-11-17-35(32)48-33-16-10-8-14-28(33)39(44)46)18-19-34(29)49-38(25)36(50(3,4)40)20-21-43-23-31(41-42-43)30(24-45)26-12-6-5-7-13-26/h5-19,22-23,25,30,36-38,45H,20-21,24H2,1-4H3/t25-,30?,36?,37-,38-/m0/s1. The Morgan fingerprint density at radius 3 is 2.42 bits per heavy atom. The van der Waals surface area contributed by atoms with Crippen molar-refractivity contribution in [3.8, 4) is 17.2 Å². The van der Waals surface area contributed by atoms with Gasteiger partial charge in [0.1, 0.15) is 17.6 Å². The fourth-order valence-electron chi connectivity index (χ4n) is 7.38. The molecule has 1 amide bonds. The van der Waals surface area contributed by atoms with Gasteiger partial charge in [0.2, 0.25) is 8.41 Å². The topological polar surface area (TPSA) is 98.9 Å². The lowest BCUT2D eigenvalue weighted by atomic mass is 9.86. The number of carbonyl (C=O) groups is 1. The monoisotopic (exact) mass is 692 g/mol. The average Bonchev–Trinajstić information content (AvgIpc) is 3.53. The first-order valence-electron chi connectivity index (χ1n) is 17.0. The molecule has 4 aromatic carbocycles. The number of aromatic nitrogens is 3. The Morgan fingerprint density at radius 2 is 1.68 bits per heavy atom. The number of aliphatic hydroxyl groups excluding tert-OH is 1. The molecule has 5 atom stereocenters. The number of ether oxygens (including phenoxy) is 3. The number of halogens is 1. The normalized spacial score (nSPS) is 19.7. The van der Waals surface area contributed by atoms with Crippen LogP contribution in [0.3, 0.4) is 0 Å². The zero-order valence-electron chi connectivity index (χ0n) is 28.6. The molecule has 0 aliphatic carbocycles. The van der Waals surface area contributed by atoms with Crippen LogP contribution in [0.1, 0.15) is 52.5 Å². The summed E-state index contributed by atoms with van der Waals surface area (Å²) in [6.07, 6.45) is 1.47. The number of hydrogen-bond acceptors (Lipinski definition) is 7. The van der Waals surface area contributed by atoms with Crippen LogP contribution in [0, 0.1) is 5.92 Å². The summed E-state index contributed by atoms with van der Waals surface area (Å²) in [5.41, 5.74) is 3.76. The SMILES string of the molecule is CO[C@@H]1c2cc(N3C(=O)c4ccccc4Oc4ccccc43)ccc2O[C@H](C(CCn2cc(C(CO)c3ccccc3)nn2)[Si](C)(C)F)[C@H]1C. The average molecular weight is 693 g/mol. The molecule has 1 aromatic heterocycles. The van der Waals surface area contributed by atoms with Gasteiger partial charge in [-0.15, -0.1) is 5.10 Å². The van der Waals surface area contributed by atoms with Crippen LogP contribution in [0.4, 0.5) is 15.5 Å². The van der Waals surface area contributed by atoms with Gasteiger partial charge < -0.3 is 23.4 Å². The third kappa shape index (κ3) is 6.32. The minimum absolute atomic E-state index is 0.0950. The molecule has 9 nitrogen and oxygen atoms in total. The van der Waals surface area contributed by atoms with Crippen molar-refractivity contribution in [2.24, 2.45) is 5.92 Å². The van der Waals surface area contributed by atoms with E-state index in [0.29, 0.717) is 52.8 Å². The third-order valence-corrected chi connectivity index (χ3v) is 12.3. The van der Waals surface area contributed by atoms with Crippen molar-refractivity contribution in [3.63, 3.8) is 0 Å². The van der Waals surface area contributed by atoms with Gasteiger partial charge in [-0.3, -0.25) is 14.4 Å². The second kappa shape index (κ2) is 13.8. The number of carbonyl (C=O) groups excluding carboxylic acids is 1. The predicted octanol–water partition coefficient (Wildman–Crippen LogP) is 8.21. The number of methoxy groups -OCH3 is 1. The summed E-state index contributed by atoms with van der Waals surface area (Å²) in [4.78, 5) is 15.7. The first kappa shape index (κ1) is 33.6. The van der Waals surface area contributed by atoms with Crippen molar-refractivity contribution < 1.29 is 28.2 Å². The molecular weight excluding hydrogens is 652 g/mol. The number of aliphatic hydroxyl groups is 1. The lowest BCUT2D eigenvalue weighted by molar-refractivity contribution is -0.0242. The molecule has 2 aliphatic rings. The van der Waals surface area contributed by atoms with Crippen LogP contribution in [0.25, 0.3) is 0 Å². The van der Waals surface area contributed by atoms with Gasteiger partial charge in [0.05, 0.1) is 41.3 Å². The van der Waals surface area contributed by atoms with Crippen molar-refractivity contribution in [1.29, 1.82) is 0 Å². The van der Waals surface area contributed by atoms with E-state index in [1.165, 1.54) is 0 Å². The molecule has 50 heavy (non-hydrogen) atoms. The first-order valence-corrected chi connectivity index (χ1v) is 19.9. The number of para-hydroxylation sites is 3. The second-order valence-electron chi connectivity index (χ2n) is 13.5. The highest BCUT2D eigenvalue weighted by Crippen LogP contribution is 2.50. The molecule has 5 aromatic rings. The van der Waals surface area contributed by atoms with E-state index < -0.39 is 20.6 Å². The molecule has 2 unspecified atom stereocenters. The lowest BCUT2D eigenvalue weighted by Gasteiger charge is -2.43. The van der Waals surface area contributed by atoms with Gasteiger partial charge in [-0.25, -0.2) is 0 Å². The van der Waals surface area contributed by atoms with E-state index in [0.717, 1.165) is 11.1 Å². The molecule has 1 N–H and O–H groups in total. The number of fused-ring (bicyclic) bond motifs is 3. The predicted molar refractivity (Wildman–Crippen MR) is 192 cm³/mol. The third-order valence-electron chi connectivity index (χ3n) is 9.96. The Morgan fingerprint density at radius 1 is 0.960 bits per heavy atom. The van der Waals surface area contributed by atoms with E-state index in [-0.39, 0.29) is 29.9 Å². The molecule has 2 aliphatic heterocycles. The van der Waals surface area contributed by atoms with Crippen molar-refractivity contribution in [2.75, 3.05) is 18.6 Å². The molecule has 7 rings (SSSR count). The van der Waals surface area contributed by atoms with Crippen molar-refractivity contribution in [1.82, 2.24) is 15.0 Å². The Kier molecular flexibility index (Phi) is 9.30. The Balaban J connectivity index is 1.16. The Labute approximate surface area is 292 Å². The van der Waals surface area contributed by atoms with Crippen LogP contribution < -0.4 is 14.4 Å². The van der Waals surface area contributed by atoms with Gasteiger partial charge >= 0.3 is 0 Å². The molecule has 0 bridgehead atoms. The Bertz CT molecular complexity index is 1980. The molecular formula is C39H41FN4O5Si. The van der Waals surface area contributed by atoms with Crippen LogP contribution in [-0.4, -0.2) is 54.2 Å². The van der Waals surface area contributed by atoms with Crippen molar-refractivity contribution in [2.45, 2.75) is 56.7 Å². The fraction of sp³-hybridized carbons (Fsp3) is 0.308. The number of hydrogen-bond donors (Lipinski definition) is 1. The maximum Gasteiger partial charge on any atom is 0.266 e. The van der Waals surface area contributed by atoms with E-state index in [4.69, 9.17) is 14.2 Å². The molecule has 0 saturated heterocycles. The quantitative estimate of drug-likeness (QED) is 0.116. The summed E-state index contributed by atoms with van der Waals surface area (Å²) in [5, 5.41) is 18.8. The molecule has 0 saturated carbocycles. The largest absolute Gasteiger partial charge is 0.490 e. The highest BCUT2D eigenvalue weighted by Gasteiger charge is 2.47. The smallest absolute Gasteiger partial charge is 0.266 e. The van der Waals surface area contributed by atoms with Crippen molar-refractivity contribution in [3.05, 3.63) is 126 Å². The highest BCUT2D eigenvalue weighted by molar-refractivity contribution is 6.72. The van der Waals surface area contributed by atoms with E-state index in [1.54, 1.807) is 41.9 Å². The van der Waals surface area contributed by atoms with Crippen LogP contribution in [0.15, 0.2) is 103 Å². The summed E-state index contributed by atoms with van der Waals surface area (Å²) in [6, 6.07) is 30.1. The van der Waals surface area contributed by atoms with E-state index in [1.807, 2.05) is 98.0 Å². The van der Waals surface area contributed by atoms with Crippen molar-refractivity contribution >= 4 is 25.7 Å². The highest BCUT2D eigenvalue weighted by atomic mass is 28.4. The number of amides is 1. The first-order chi connectivity index (χ1) is 24.2. The van der Waals surface area contributed by atoms with Crippen LogP contribution in [-0.2, 0) is 11.3 Å². The summed E-state index contributed by atoms with van der Waals surface area (Å²) in [6.45, 7) is 5.83. The van der Waals surface area contributed by atoms with Gasteiger partial charge in [-0.2, -0.15) is 0 Å². The van der Waals surface area contributed by atoms with Gasteiger partial charge in [-0.1, -0.05) is 66.7 Å². The zero-order valence-corrected chi connectivity index (χ0v) is 29.6. The zero-order chi connectivity index (χ0) is 35.0. The minimum atomic E-state index is -3.28. The van der Waals surface area contributed by atoms with Crippen LogP contribution in [0.2, 0.25) is 18.6 Å². The summed E-state index contributed by atoms with van der Waals surface area (Å²) >= 11 is 0. The number of aryl methyl sites for hydroxylation is 1. The van der Waals surface area contributed by atoms with Gasteiger partial charge in [-0.05, 0) is 67.5 Å². The molecule has 258 valence electrons. The summed E-state index contributed by atoms with van der Waals surface area (Å²) in [7, 11) is -1.63. The number of anilines is 2. The molecule has 11 heteroatoms. The van der Waals surface area contributed by atoms with E-state index >= 15 is 4.11 Å².